The molecule has 0 unspecified atom stereocenters. The molecule has 0 radical (unpaired) electrons. The van der Waals surface area contributed by atoms with Gasteiger partial charge >= 0.3 is 0 Å². The molecule has 0 spiro atoms. The van der Waals surface area contributed by atoms with Crippen molar-refractivity contribution in [3.05, 3.63) is 42.5 Å². The van der Waals surface area contributed by atoms with E-state index in [9.17, 15) is 9.90 Å². The first-order valence-corrected chi connectivity index (χ1v) is 12.0. The van der Waals surface area contributed by atoms with Gasteiger partial charge in [-0.15, -0.1) is 12.6 Å². The predicted molar refractivity (Wildman–Crippen MR) is 139 cm³/mol. The Labute approximate surface area is 200 Å². The lowest BCUT2D eigenvalue weighted by Crippen LogP contribution is -2.09. The Morgan fingerprint density at radius 2 is 1.75 bits per heavy atom. The van der Waals surface area contributed by atoms with Gasteiger partial charge in [-0.05, 0) is 68.7 Å². The molecule has 2 aromatic carbocycles. The van der Waals surface area contributed by atoms with E-state index in [2.05, 4.69) is 42.1 Å². The van der Waals surface area contributed by atoms with Gasteiger partial charge in [-0.3, -0.25) is 4.79 Å². The highest BCUT2D eigenvalue weighted by Crippen LogP contribution is 2.28. The number of nitrogens with one attached hydrogen (secondary N) is 2. The standard InChI is InChI=1S/C11H12N2O2S.C10H15NS.C3H8O/c1-2-3-10(15)13-11-12-8-5-4-7(14)6-9(8)16-11;1-8(2)7-11-9-3-5-10(12)6-4-9;1-3(2)4/h4-6,14H,2-3H2,1H3,(H,12,13,15);3-6,8,11-12H,7H2,1-2H3;3-4H,1-2H3. The summed E-state index contributed by atoms with van der Waals surface area (Å²) in [5.74, 6) is 0.869. The molecule has 3 aromatic rings. The van der Waals surface area contributed by atoms with Gasteiger partial charge in [-0.1, -0.05) is 32.1 Å². The minimum atomic E-state index is -0.167. The molecule has 0 aliphatic rings. The van der Waals surface area contributed by atoms with Crippen molar-refractivity contribution < 1.29 is 15.0 Å². The maximum Gasteiger partial charge on any atom is 0.226 e. The largest absolute Gasteiger partial charge is 0.508 e. The maximum atomic E-state index is 11.4. The fraction of sp³-hybridized carbons (Fsp3) is 0.417. The fourth-order valence-electron chi connectivity index (χ4n) is 2.28. The Kier molecular flexibility index (Phi) is 12.8. The van der Waals surface area contributed by atoms with Crippen molar-refractivity contribution in [1.82, 2.24) is 4.98 Å². The Hall–Kier alpha value is -2.29. The molecule has 3 rings (SSSR count). The van der Waals surface area contributed by atoms with E-state index in [1.165, 1.54) is 17.0 Å². The van der Waals surface area contributed by atoms with Crippen molar-refractivity contribution in [2.24, 2.45) is 5.92 Å². The monoisotopic (exact) mass is 477 g/mol. The van der Waals surface area contributed by atoms with Crippen LogP contribution in [0.2, 0.25) is 0 Å². The first-order chi connectivity index (χ1) is 15.1. The molecule has 6 nitrogen and oxygen atoms in total. The van der Waals surface area contributed by atoms with Crippen molar-refractivity contribution in [2.75, 3.05) is 17.2 Å². The van der Waals surface area contributed by atoms with Crippen molar-refractivity contribution in [1.29, 1.82) is 0 Å². The van der Waals surface area contributed by atoms with Gasteiger partial charge in [0.05, 0.1) is 10.2 Å². The van der Waals surface area contributed by atoms with E-state index in [0.29, 0.717) is 17.5 Å². The molecule has 0 atom stereocenters. The molecule has 0 fully saturated rings. The molecule has 1 heterocycles. The number of thiol groups is 1. The van der Waals surface area contributed by atoms with Gasteiger partial charge in [0, 0.05) is 29.7 Å². The van der Waals surface area contributed by atoms with E-state index in [0.717, 1.165) is 28.1 Å². The van der Waals surface area contributed by atoms with Crippen LogP contribution in [0.15, 0.2) is 47.4 Å². The average molecular weight is 478 g/mol. The summed E-state index contributed by atoms with van der Waals surface area (Å²) in [5, 5.41) is 24.0. The van der Waals surface area contributed by atoms with Crippen molar-refractivity contribution in [3.63, 3.8) is 0 Å². The number of aliphatic hydroxyl groups excluding tert-OH is 1. The van der Waals surface area contributed by atoms with Gasteiger partial charge in [-0.25, -0.2) is 4.98 Å². The highest BCUT2D eigenvalue weighted by atomic mass is 32.1. The summed E-state index contributed by atoms with van der Waals surface area (Å²) >= 11 is 5.58. The number of aliphatic hydroxyl groups is 1. The number of aromatic hydroxyl groups is 1. The number of amides is 1. The lowest BCUT2D eigenvalue weighted by atomic mass is 10.2. The van der Waals surface area contributed by atoms with Gasteiger partial charge < -0.3 is 20.8 Å². The number of benzene rings is 2. The number of thiazole rings is 1. The number of carbonyl (C=O) groups is 1. The van der Waals surface area contributed by atoms with Gasteiger partial charge in [0.2, 0.25) is 5.91 Å². The number of phenols is 1. The highest BCUT2D eigenvalue weighted by Gasteiger charge is 2.07. The summed E-state index contributed by atoms with van der Waals surface area (Å²) < 4.78 is 0.867. The second kappa shape index (κ2) is 14.7. The second-order valence-electron chi connectivity index (χ2n) is 7.88. The van der Waals surface area contributed by atoms with Crippen molar-refractivity contribution in [3.8, 4) is 5.75 Å². The Bertz CT molecular complexity index is 939. The summed E-state index contributed by atoms with van der Waals surface area (Å²) in [6, 6.07) is 13.0. The molecule has 1 aromatic heterocycles. The zero-order chi connectivity index (χ0) is 24.1. The van der Waals surface area contributed by atoms with Crippen LogP contribution in [-0.2, 0) is 4.79 Å². The van der Waals surface area contributed by atoms with Gasteiger partial charge in [0.25, 0.3) is 0 Å². The van der Waals surface area contributed by atoms with Crippen LogP contribution in [0.25, 0.3) is 10.2 Å². The molecule has 1 amide bonds. The molecular weight excluding hydrogens is 442 g/mol. The molecule has 176 valence electrons. The summed E-state index contributed by atoms with van der Waals surface area (Å²) in [4.78, 5) is 16.6. The lowest BCUT2D eigenvalue weighted by molar-refractivity contribution is -0.116. The molecule has 0 saturated carbocycles. The molecule has 0 aliphatic heterocycles. The number of phenolic OH excluding ortho intramolecular Hbond substituents is 1. The van der Waals surface area contributed by atoms with E-state index in [-0.39, 0.29) is 17.8 Å². The van der Waals surface area contributed by atoms with E-state index in [1.54, 1.807) is 32.0 Å². The molecule has 8 heteroatoms. The zero-order valence-corrected chi connectivity index (χ0v) is 21.1. The van der Waals surface area contributed by atoms with Crippen LogP contribution >= 0.6 is 24.0 Å². The zero-order valence-electron chi connectivity index (χ0n) is 19.4. The third kappa shape index (κ3) is 11.9. The molecule has 4 N–H and O–H groups in total. The number of rotatable bonds is 6. The van der Waals surface area contributed by atoms with Crippen LogP contribution < -0.4 is 10.6 Å². The second-order valence-corrected chi connectivity index (χ2v) is 9.43. The third-order valence-corrected chi connectivity index (χ3v) is 4.91. The fourth-order valence-corrected chi connectivity index (χ4v) is 3.34. The SMILES string of the molecule is CC(C)CNc1ccc(S)cc1.CC(C)O.CCCC(=O)Nc1nc2ccc(O)cc2s1. The number of nitrogens with zero attached hydrogens (tertiary/aromatic N) is 1. The third-order valence-electron chi connectivity index (χ3n) is 3.68. The molecular formula is C24H35N3O3S2. The number of anilines is 2. The van der Waals surface area contributed by atoms with Crippen LogP contribution in [0.5, 0.6) is 5.75 Å². The maximum absolute atomic E-state index is 11.4. The van der Waals surface area contributed by atoms with Gasteiger partial charge in [0.15, 0.2) is 5.13 Å². The first-order valence-electron chi connectivity index (χ1n) is 10.7. The minimum Gasteiger partial charge on any atom is -0.508 e. The molecule has 0 aliphatic carbocycles. The van der Waals surface area contributed by atoms with Crippen LogP contribution in [-0.4, -0.2) is 33.8 Å². The Morgan fingerprint density at radius 1 is 1.12 bits per heavy atom. The number of fused-ring (bicyclic) bond motifs is 1. The van der Waals surface area contributed by atoms with Gasteiger partial charge in [0.1, 0.15) is 5.75 Å². The molecule has 0 saturated heterocycles. The van der Waals surface area contributed by atoms with E-state index in [1.807, 2.05) is 31.2 Å². The minimum absolute atomic E-state index is 0.0224. The number of aromatic nitrogens is 1. The topological polar surface area (TPSA) is 94.5 Å². The van der Waals surface area contributed by atoms with Gasteiger partial charge in [-0.2, -0.15) is 0 Å². The normalized spacial score (nSPS) is 10.3. The van der Waals surface area contributed by atoms with Crippen LogP contribution in [0, 0.1) is 5.92 Å². The smallest absolute Gasteiger partial charge is 0.226 e. The number of hydrogen-bond acceptors (Lipinski definition) is 7. The quantitative estimate of drug-likeness (QED) is 0.274. The molecule has 32 heavy (non-hydrogen) atoms. The summed E-state index contributed by atoms with van der Waals surface area (Å²) in [5.41, 5.74) is 1.95. The first kappa shape index (κ1) is 27.7. The lowest BCUT2D eigenvalue weighted by Gasteiger charge is -2.08. The van der Waals surface area contributed by atoms with Crippen molar-refractivity contribution >= 4 is 50.9 Å². The Balaban J connectivity index is 0.000000283. The Morgan fingerprint density at radius 3 is 2.31 bits per heavy atom. The number of carbonyl (C=O) groups excluding carboxylic acids is 1. The van der Waals surface area contributed by atoms with Crippen LogP contribution in [0.4, 0.5) is 10.8 Å². The highest BCUT2D eigenvalue weighted by molar-refractivity contribution is 7.80. The average Bonchev–Trinajstić information content (AvgIpc) is 3.09. The summed E-state index contributed by atoms with van der Waals surface area (Å²) in [6.45, 7) is 10.8. The van der Waals surface area contributed by atoms with E-state index in [4.69, 9.17) is 5.11 Å². The van der Waals surface area contributed by atoms with E-state index < -0.39 is 0 Å². The van der Waals surface area contributed by atoms with Crippen LogP contribution in [0.1, 0.15) is 47.5 Å². The number of hydrogen-bond donors (Lipinski definition) is 5. The predicted octanol–water partition coefficient (Wildman–Crippen LogP) is 6.17. The van der Waals surface area contributed by atoms with Crippen molar-refractivity contribution in [2.45, 2.75) is 58.5 Å². The van der Waals surface area contributed by atoms with Crippen LogP contribution in [0.3, 0.4) is 0 Å². The summed E-state index contributed by atoms with van der Waals surface area (Å²) in [7, 11) is 0. The van der Waals surface area contributed by atoms with E-state index >= 15 is 0 Å². The molecule has 0 bridgehead atoms. The summed E-state index contributed by atoms with van der Waals surface area (Å²) in [6.07, 6.45) is 1.15.